The summed E-state index contributed by atoms with van der Waals surface area (Å²) in [5.41, 5.74) is 0.197. The number of carboxylic acids is 1. The Morgan fingerprint density at radius 3 is 2.36 bits per heavy atom. The van der Waals surface area contributed by atoms with Gasteiger partial charge in [-0.15, -0.1) is 0 Å². The first-order valence-corrected chi connectivity index (χ1v) is 8.85. The molecule has 0 aromatic heterocycles. The molecule has 0 spiro atoms. The Bertz CT molecular complexity index is 724. The van der Waals surface area contributed by atoms with Gasteiger partial charge in [-0.25, -0.2) is 9.18 Å². The topological polar surface area (TPSA) is 122 Å². The minimum atomic E-state index is -1.38. The van der Waals surface area contributed by atoms with E-state index in [0.29, 0.717) is 0 Å². The molecule has 8 nitrogen and oxygen atoms in total. The summed E-state index contributed by atoms with van der Waals surface area (Å²) in [6.07, 6.45) is -0.361. The lowest BCUT2D eigenvalue weighted by atomic mass is 9.97. The molecule has 0 heterocycles. The number of amides is 2. The highest BCUT2D eigenvalue weighted by Crippen LogP contribution is 2.13. The fourth-order valence-electron chi connectivity index (χ4n) is 2.64. The van der Waals surface area contributed by atoms with Gasteiger partial charge in [-0.2, -0.15) is 0 Å². The predicted octanol–water partition coefficient (Wildman–Crippen LogP) is 1.03. The number of aliphatic carboxylic acids is 1. The highest BCUT2D eigenvalue weighted by molar-refractivity contribution is 5.90. The third-order valence-electron chi connectivity index (χ3n) is 4.00. The van der Waals surface area contributed by atoms with Gasteiger partial charge in [-0.1, -0.05) is 25.1 Å². The third-order valence-corrected chi connectivity index (χ3v) is 4.00. The molecule has 154 valence electrons. The lowest BCUT2D eigenvalue weighted by Crippen LogP contribution is -2.54. The highest BCUT2D eigenvalue weighted by Gasteiger charge is 2.31. The summed E-state index contributed by atoms with van der Waals surface area (Å²) in [6.45, 7) is 4.46. The maximum Gasteiger partial charge on any atom is 0.326 e. The second-order valence-corrected chi connectivity index (χ2v) is 6.36. The van der Waals surface area contributed by atoms with Crippen LogP contribution in [0.25, 0.3) is 0 Å². The second kappa shape index (κ2) is 11.0. The number of halogens is 1. The van der Waals surface area contributed by atoms with Gasteiger partial charge in [0, 0.05) is 13.3 Å². The summed E-state index contributed by atoms with van der Waals surface area (Å²) < 4.78 is 18.7. The smallest absolute Gasteiger partial charge is 0.326 e. The molecule has 0 fully saturated rings. The van der Waals surface area contributed by atoms with E-state index in [1.807, 2.05) is 0 Å². The number of benzene rings is 1. The minimum Gasteiger partial charge on any atom is -0.480 e. The summed E-state index contributed by atoms with van der Waals surface area (Å²) in [7, 11) is 0. The van der Waals surface area contributed by atoms with Crippen molar-refractivity contribution in [1.82, 2.24) is 10.6 Å². The number of carbonyl (C=O) groups is 4. The van der Waals surface area contributed by atoms with Gasteiger partial charge in [-0.3, -0.25) is 14.4 Å². The molecular weight excluding hydrogens is 371 g/mol. The first-order valence-electron chi connectivity index (χ1n) is 8.85. The standard InChI is InChI=1S/C19H25FN2O6/c1-4-28-16(24)9-11(2)17(19(26)27)22-18(25)15(21-12(3)23)10-13-7-5-6-8-14(13)20/h5-8,11,15,17H,4,9-10H2,1-3H3,(H,21,23)(H,22,25)(H,26,27)/t11-,15+,17-/m0/s1. The van der Waals surface area contributed by atoms with E-state index >= 15 is 0 Å². The third kappa shape index (κ3) is 7.34. The quantitative estimate of drug-likeness (QED) is 0.508. The molecule has 1 rings (SSSR count). The van der Waals surface area contributed by atoms with Crippen LogP contribution in [-0.4, -0.2) is 47.6 Å². The molecule has 0 aliphatic carbocycles. The van der Waals surface area contributed by atoms with Crippen LogP contribution in [0.15, 0.2) is 24.3 Å². The summed E-state index contributed by atoms with van der Waals surface area (Å²) in [5.74, 6) is -4.54. The molecule has 0 radical (unpaired) electrons. The maximum atomic E-state index is 13.9. The summed E-state index contributed by atoms with van der Waals surface area (Å²) in [6, 6.07) is 3.21. The Balaban J connectivity index is 2.93. The van der Waals surface area contributed by atoms with Gasteiger partial charge in [0.05, 0.1) is 13.0 Å². The molecule has 0 saturated heterocycles. The number of carbonyl (C=O) groups excluding carboxylic acids is 3. The van der Waals surface area contributed by atoms with E-state index in [-0.39, 0.29) is 25.0 Å². The van der Waals surface area contributed by atoms with E-state index in [2.05, 4.69) is 10.6 Å². The molecule has 0 saturated carbocycles. The van der Waals surface area contributed by atoms with Crippen LogP contribution < -0.4 is 10.6 Å². The fraction of sp³-hybridized carbons (Fsp3) is 0.474. The van der Waals surface area contributed by atoms with Crippen molar-refractivity contribution in [3.05, 3.63) is 35.6 Å². The average Bonchev–Trinajstić information content (AvgIpc) is 2.60. The van der Waals surface area contributed by atoms with Gasteiger partial charge in [0.25, 0.3) is 0 Å². The summed E-state index contributed by atoms with van der Waals surface area (Å²) in [5, 5.41) is 14.1. The minimum absolute atomic E-state index is 0.156. The molecule has 28 heavy (non-hydrogen) atoms. The van der Waals surface area contributed by atoms with Crippen molar-refractivity contribution >= 4 is 23.8 Å². The van der Waals surface area contributed by atoms with Gasteiger partial charge in [0.2, 0.25) is 11.8 Å². The average molecular weight is 396 g/mol. The number of rotatable bonds is 10. The lowest BCUT2D eigenvalue weighted by Gasteiger charge is -2.24. The zero-order valence-electron chi connectivity index (χ0n) is 16.0. The summed E-state index contributed by atoms with van der Waals surface area (Å²) >= 11 is 0. The lowest BCUT2D eigenvalue weighted by molar-refractivity contribution is -0.147. The SMILES string of the molecule is CCOC(=O)C[C@H](C)[C@H](NC(=O)[C@@H](Cc1ccccc1F)NC(C)=O)C(=O)O. The Morgan fingerprint density at radius 2 is 1.82 bits per heavy atom. The Hall–Kier alpha value is -2.97. The molecule has 1 aromatic carbocycles. The molecule has 0 bridgehead atoms. The van der Waals surface area contributed by atoms with Crippen LogP contribution in [0.3, 0.4) is 0 Å². The number of carboxylic acid groups (broad SMARTS) is 1. The van der Waals surface area contributed by atoms with Gasteiger partial charge < -0.3 is 20.5 Å². The van der Waals surface area contributed by atoms with E-state index in [1.54, 1.807) is 13.0 Å². The number of hydrogen-bond donors (Lipinski definition) is 3. The largest absolute Gasteiger partial charge is 0.480 e. The Kier molecular flexibility index (Phi) is 9.07. The van der Waals surface area contributed by atoms with Gasteiger partial charge in [-0.05, 0) is 24.5 Å². The second-order valence-electron chi connectivity index (χ2n) is 6.36. The van der Waals surface area contributed by atoms with Crippen molar-refractivity contribution in [2.75, 3.05) is 6.61 Å². The normalized spacial score (nSPS) is 13.7. The van der Waals surface area contributed by atoms with E-state index in [0.717, 1.165) is 0 Å². The van der Waals surface area contributed by atoms with Crippen molar-refractivity contribution in [2.45, 2.75) is 45.7 Å². The van der Waals surface area contributed by atoms with Crippen molar-refractivity contribution in [1.29, 1.82) is 0 Å². The fourth-order valence-corrected chi connectivity index (χ4v) is 2.64. The Labute approximate surface area is 162 Å². The van der Waals surface area contributed by atoms with Crippen LogP contribution in [0.5, 0.6) is 0 Å². The first-order chi connectivity index (χ1) is 13.1. The molecule has 0 unspecified atom stereocenters. The maximum absolute atomic E-state index is 13.9. The number of esters is 1. The zero-order chi connectivity index (χ0) is 21.3. The Morgan fingerprint density at radius 1 is 1.18 bits per heavy atom. The van der Waals surface area contributed by atoms with E-state index in [4.69, 9.17) is 4.74 Å². The predicted molar refractivity (Wildman–Crippen MR) is 97.7 cm³/mol. The van der Waals surface area contributed by atoms with E-state index in [9.17, 15) is 28.7 Å². The van der Waals surface area contributed by atoms with Crippen LogP contribution in [0, 0.1) is 11.7 Å². The van der Waals surface area contributed by atoms with Crippen LogP contribution in [0.4, 0.5) is 4.39 Å². The molecule has 0 aliphatic rings. The van der Waals surface area contributed by atoms with Crippen LogP contribution in [-0.2, 0) is 30.3 Å². The molecule has 3 N–H and O–H groups in total. The van der Waals surface area contributed by atoms with Crippen molar-refractivity contribution < 1.29 is 33.4 Å². The van der Waals surface area contributed by atoms with Crippen molar-refractivity contribution in [3.8, 4) is 0 Å². The van der Waals surface area contributed by atoms with Crippen molar-refractivity contribution in [3.63, 3.8) is 0 Å². The van der Waals surface area contributed by atoms with Gasteiger partial charge in [0.1, 0.15) is 17.9 Å². The number of hydrogen-bond acceptors (Lipinski definition) is 5. The van der Waals surface area contributed by atoms with Crippen molar-refractivity contribution in [2.24, 2.45) is 5.92 Å². The molecule has 9 heteroatoms. The van der Waals surface area contributed by atoms with Gasteiger partial charge in [0.15, 0.2) is 0 Å². The summed E-state index contributed by atoms with van der Waals surface area (Å²) in [4.78, 5) is 47.2. The van der Waals surface area contributed by atoms with Gasteiger partial charge >= 0.3 is 11.9 Å². The van der Waals surface area contributed by atoms with Crippen LogP contribution in [0.2, 0.25) is 0 Å². The first kappa shape index (κ1) is 23.1. The molecule has 0 aliphatic heterocycles. The van der Waals surface area contributed by atoms with E-state index in [1.165, 1.54) is 32.0 Å². The molecule has 2 amide bonds. The molecule has 3 atom stereocenters. The van der Waals surface area contributed by atoms with E-state index < -0.39 is 47.6 Å². The number of nitrogens with one attached hydrogen (secondary N) is 2. The monoisotopic (exact) mass is 396 g/mol. The van der Waals surface area contributed by atoms with Crippen LogP contribution in [0.1, 0.15) is 32.8 Å². The van der Waals surface area contributed by atoms with Crippen LogP contribution >= 0.6 is 0 Å². The number of ether oxygens (including phenoxy) is 1. The molecular formula is C19H25FN2O6. The highest BCUT2D eigenvalue weighted by atomic mass is 19.1. The zero-order valence-corrected chi connectivity index (χ0v) is 16.0. The molecule has 1 aromatic rings.